The first-order valence-corrected chi connectivity index (χ1v) is 11.3. The third-order valence-electron chi connectivity index (χ3n) is 4.66. The lowest BCUT2D eigenvalue weighted by molar-refractivity contribution is 0.0941. The van der Waals surface area contributed by atoms with Crippen LogP contribution < -0.4 is 15.2 Å². The number of amides is 1. The SMILES string of the molecule is O=C(NNS(=O)(=O)C1=Cc2ccccc2CC1)c1csc(N2CCOCC2)n1. The summed E-state index contributed by atoms with van der Waals surface area (Å²) in [4.78, 5) is 21.1. The lowest BCUT2D eigenvalue weighted by Crippen LogP contribution is -2.42. The fourth-order valence-corrected chi connectivity index (χ4v) is 5.00. The maximum Gasteiger partial charge on any atom is 0.285 e. The van der Waals surface area contributed by atoms with Crippen molar-refractivity contribution in [2.24, 2.45) is 0 Å². The topological polar surface area (TPSA) is 101 Å². The Labute approximate surface area is 167 Å². The summed E-state index contributed by atoms with van der Waals surface area (Å²) in [6.45, 7) is 2.69. The fourth-order valence-electron chi connectivity index (χ4n) is 3.13. The number of fused-ring (bicyclic) bond motifs is 1. The lowest BCUT2D eigenvalue weighted by Gasteiger charge is -2.25. The molecule has 2 N–H and O–H groups in total. The maximum atomic E-state index is 12.5. The van der Waals surface area contributed by atoms with Crippen molar-refractivity contribution in [1.82, 2.24) is 15.2 Å². The number of rotatable bonds is 5. The number of nitrogens with one attached hydrogen (secondary N) is 2. The summed E-state index contributed by atoms with van der Waals surface area (Å²) in [6, 6.07) is 7.67. The van der Waals surface area contributed by atoms with Crippen LogP contribution in [0.5, 0.6) is 0 Å². The molecule has 2 heterocycles. The van der Waals surface area contributed by atoms with Crippen molar-refractivity contribution in [3.8, 4) is 0 Å². The highest BCUT2D eigenvalue weighted by molar-refractivity contribution is 7.93. The van der Waals surface area contributed by atoms with Crippen LogP contribution in [0.2, 0.25) is 0 Å². The Balaban J connectivity index is 1.40. The summed E-state index contributed by atoms with van der Waals surface area (Å²) in [6.07, 6.45) is 2.68. The first kappa shape index (κ1) is 19.1. The van der Waals surface area contributed by atoms with Gasteiger partial charge in [-0.05, 0) is 30.0 Å². The van der Waals surface area contributed by atoms with E-state index in [1.807, 2.05) is 29.2 Å². The normalized spacial score (nSPS) is 17.0. The van der Waals surface area contributed by atoms with Gasteiger partial charge in [-0.25, -0.2) is 13.4 Å². The van der Waals surface area contributed by atoms with Crippen LogP contribution in [0.25, 0.3) is 6.08 Å². The molecule has 1 saturated heterocycles. The Kier molecular flexibility index (Phi) is 5.44. The number of aromatic nitrogens is 1. The number of carbonyl (C=O) groups excluding carboxylic acids is 1. The van der Waals surface area contributed by atoms with E-state index in [1.165, 1.54) is 11.3 Å². The van der Waals surface area contributed by atoms with E-state index in [4.69, 9.17) is 4.74 Å². The number of carbonyl (C=O) groups is 1. The summed E-state index contributed by atoms with van der Waals surface area (Å²) in [7, 11) is -3.81. The minimum absolute atomic E-state index is 0.178. The largest absolute Gasteiger partial charge is 0.378 e. The molecule has 1 aromatic heterocycles. The summed E-state index contributed by atoms with van der Waals surface area (Å²) in [5.74, 6) is -0.587. The highest BCUT2D eigenvalue weighted by Crippen LogP contribution is 2.26. The number of nitrogens with zero attached hydrogens (tertiary/aromatic N) is 2. The van der Waals surface area contributed by atoms with Gasteiger partial charge in [0.15, 0.2) is 5.13 Å². The Hall–Kier alpha value is -2.27. The van der Waals surface area contributed by atoms with Gasteiger partial charge in [0.1, 0.15) is 5.69 Å². The zero-order valence-electron chi connectivity index (χ0n) is 15.1. The number of thiazole rings is 1. The molecule has 148 valence electrons. The van der Waals surface area contributed by atoms with Crippen molar-refractivity contribution in [2.45, 2.75) is 12.8 Å². The van der Waals surface area contributed by atoms with E-state index in [0.717, 1.165) is 29.3 Å². The number of hydrazine groups is 1. The Morgan fingerprint density at radius 3 is 2.79 bits per heavy atom. The van der Waals surface area contributed by atoms with Gasteiger partial charge in [-0.15, -0.1) is 16.2 Å². The first-order chi connectivity index (χ1) is 13.5. The molecule has 2 aromatic rings. The molecular weight excluding hydrogens is 400 g/mol. The number of anilines is 1. The molecular formula is C18H20N4O4S2. The average Bonchev–Trinajstić information content (AvgIpc) is 3.23. The highest BCUT2D eigenvalue weighted by Gasteiger charge is 2.23. The molecule has 0 bridgehead atoms. The molecule has 2 aliphatic rings. The van der Waals surface area contributed by atoms with Gasteiger partial charge in [-0.3, -0.25) is 10.2 Å². The summed E-state index contributed by atoms with van der Waals surface area (Å²) in [5, 5.41) is 2.34. The second-order valence-corrected chi connectivity index (χ2v) is 9.06. The molecule has 1 fully saturated rings. The Morgan fingerprint density at radius 2 is 1.96 bits per heavy atom. The van der Waals surface area contributed by atoms with Crippen molar-refractivity contribution >= 4 is 38.5 Å². The number of aryl methyl sites for hydroxylation is 1. The number of benzene rings is 1. The number of ether oxygens (including phenoxy) is 1. The van der Waals surface area contributed by atoms with Gasteiger partial charge >= 0.3 is 0 Å². The lowest BCUT2D eigenvalue weighted by atomic mass is 9.98. The summed E-state index contributed by atoms with van der Waals surface area (Å²) < 4.78 is 30.4. The van der Waals surface area contributed by atoms with E-state index < -0.39 is 15.9 Å². The highest BCUT2D eigenvalue weighted by atomic mass is 32.2. The van der Waals surface area contributed by atoms with Crippen LogP contribution >= 0.6 is 11.3 Å². The van der Waals surface area contributed by atoms with Gasteiger partial charge < -0.3 is 9.64 Å². The molecule has 0 atom stereocenters. The van der Waals surface area contributed by atoms with Gasteiger partial charge in [0.05, 0.1) is 18.1 Å². The molecule has 0 spiro atoms. The van der Waals surface area contributed by atoms with Crippen LogP contribution in [-0.4, -0.2) is 45.6 Å². The predicted molar refractivity (Wildman–Crippen MR) is 107 cm³/mol. The standard InChI is InChI=1S/C18H20N4O4S2/c23-17(16-12-27-18(19-16)22-7-9-26-10-8-22)20-21-28(24,25)15-6-5-13-3-1-2-4-14(13)11-15/h1-4,11-12,21H,5-10H2,(H,20,23). The van der Waals surface area contributed by atoms with Crippen molar-refractivity contribution in [2.75, 3.05) is 31.2 Å². The second kappa shape index (κ2) is 8.00. The molecule has 0 saturated carbocycles. The zero-order chi connectivity index (χ0) is 19.6. The van der Waals surface area contributed by atoms with Crippen molar-refractivity contribution < 1.29 is 17.9 Å². The zero-order valence-corrected chi connectivity index (χ0v) is 16.7. The molecule has 8 nitrogen and oxygen atoms in total. The van der Waals surface area contributed by atoms with E-state index in [1.54, 1.807) is 11.5 Å². The van der Waals surface area contributed by atoms with Crippen LogP contribution in [-0.2, 0) is 21.2 Å². The van der Waals surface area contributed by atoms with Crippen molar-refractivity contribution in [3.05, 3.63) is 51.4 Å². The van der Waals surface area contributed by atoms with Crippen LogP contribution in [0.4, 0.5) is 5.13 Å². The van der Waals surface area contributed by atoms with Crippen molar-refractivity contribution in [3.63, 3.8) is 0 Å². The minimum atomic E-state index is -3.81. The van der Waals surface area contributed by atoms with Crippen LogP contribution in [0.15, 0.2) is 34.6 Å². The summed E-state index contributed by atoms with van der Waals surface area (Å²) >= 11 is 1.35. The third kappa shape index (κ3) is 4.09. The smallest absolute Gasteiger partial charge is 0.285 e. The fraction of sp³-hybridized carbons (Fsp3) is 0.333. The minimum Gasteiger partial charge on any atom is -0.378 e. The Morgan fingerprint density at radius 1 is 1.18 bits per heavy atom. The predicted octanol–water partition coefficient (Wildman–Crippen LogP) is 1.53. The molecule has 0 radical (unpaired) electrons. The number of allylic oxidation sites excluding steroid dienone is 1. The van der Waals surface area contributed by atoms with Crippen LogP contribution in [0, 0.1) is 0 Å². The molecule has 1 amide bonds. The van der Waals surface area contributed by atoms with E-state index in [-0.39, 0.29) is 10.6 Å². The van der Waals surface area contributed by atoms with Gasteiger partial charge in [0.2, 0.25) is 0 Å². The van der Waals surface area contributed by atoms with Crippen LogP contribution in [0.3, 0.4) is 0 Å². The first-order valence-electron chi connectivity index (χ1n) is 8.92. The molecule has 1 aliphatic carbocycles. The van der Waals surface area contributed by atoms with Gasteiger partial charge in [0.25, 0.3) is 15.9 Å². The molecule has 10 heteroatoms. The van der Waals surface area contributed by atoms with E-state index in [2.05, 4.69) is 15.2 Å². The third-order valence-corrected chi connectivity index (χ3v) is 6.95. The average molecular weight is 421 g/mol. The Bertz CT molecular complexity index is 1010. The van der Waals surface area contributed by atoms with E-state index in [0.29, 0.717) is 26.1 Å². The number of morpholine rings is 1. The van der Waals surface area contributed by atoms with E-state index >= 15 is 0 Å². The second-order valence-electron chi connectivity index (χ2n) is 6.48. The molecule has 4 rings (SSSR count). The van der Waals surface area contributed by atoms with Crippen LogP contribution in [0.1, 0.15) is 28.0 Å². The number of sulfonamides is 1. The van der Waals surface area contributed by atoms with E-state index in [9.17, 15) is 13.2 Å². The number of hydrogen-bond donors (Lipinski definition) is 2. The molecule has 1 aromatic carbocycles. The van der Waals surface area contributed by atoms with Gasteiger partial charge in [-0.1, -0.05) is 24.3 Å². The quantitative estimate of drug-likeness (QED) is 0.712. The monoisotopic (exact) mass is 420 g/mol. The number of hydrogen-bond acceptors (Lipinski definition) is 7. The molecule has 1 aliphatic heterocycles. The van der Waals surface area contributed by atoms with Gasteiger partial charge in [0, 0.05) is 18.5 Å². The van der Waals surface area contributed by atoms with Gasteiger partial charge in [-0.2, -0.15) is 0 Å². The maximum absolute atomic E-state index is 12.5. The van der Waals surface area contributed by atoms with Crippen molar-refractivity contribution in [1.29, 1.82) is 0 Å². The summed E-state index contributed by atoms with van der Waals surface area (Å²) in [5.41, 5.74) is 4.44. The molecule has 28 heavy (non-hydrogen) atoms. The molecule has 0 unspecified atom stereocenters.